The summed E-state index contributed by atoms with van der Waals surface area (Å²) < 4.78 is 6.89. The first-order chi connectivity index (χ1) is 15.3. The van der Waals surface area contributed by atoms with Crippen LogP contribution < -0.4 is 25.4 Å². The number of carbonyl (C=O) groups excluding carboxylic acids is 2. The second kappa shape index (κ2) is 11.8. The summed E-state index contributed by atoms with van der Waals surface area (Å²) in [5.41, 5.74) is 0.776. The number of benzene rings is 1. The van der Waals surface area contributed by atoms with Gasteiger partial charge in [-0.1, -0.05) is 13.0 Å². The summed E-state index contributed by atoms with van der Waals surface area (Å²) in [5, 5.41) is 15.3. The number of carbonyl (C=O) groups is 2. The maximum atomic E-state index is 12.8. The highest BCUT2D eigenvalue weighted by molar-refractivity contribution is 7.07. The Labute approximate surface area is 190 Å². The molecule has 0 aliphatic rings. The summed E-state index contributed by atoms with van der Waals surface area (Å²) in [5.74, 6) is -0.877. The van der Waals surface area contributed by atoms with E-state index in [1.54, 1.807) is 38.1 Å². The molecule has 0 spiro atoms. The van der Waals surface area contributed by atoms with E-state index >= 15 is 0 Å². The highest BCUT2D eigenvalue weighted by Crippen LogP contribution is 2.15. The molecule has 10 heteroatoms. The molecule has 2 aromatic rings. The van der Waals surface area contributed by atoms with E-state index in [1.165, 1.54) is 10.8 Å². The van der Waals surface area contributed by atoms with Crippen LogP contribution in [0.3, 0.4) is 0 Å². The molecule has 1 aromatic heterocycles. The number of aromatic nitrogens is 1. The molecule has 9 nitrogen and oxygen atoms in total. The van der Waals surface area contributed by atoms with E-state index in [4.69, 9.17) is 4.74 Å². The zero-order valence-electron chi connectivity index (χ0n) is 18.6. The predicted molar refractivity (Wildman–Crippen MR) is 125 cm³/mol. The normalized spacial score (nSPS) is 12.3. The SMILES string of the molecule is CCOC(=O)/C(C#N)=c1\s/c(=C/Nc2cccc(NC(=O)CN(C)CC)c2)c(=O)n1CC. The topological polar surface area (TPSA) is 116 Å². The van der Waals surface area contributed by atoms with Crippen LogP contribution >= 0.6 is 11.3 Å². The third kappa shape index (κ3) is 6.29. The summed E-state index contributed by atoms with van der Waals surface area (Å²) in [7, 11) is 1.86. The number of hydrogen-bond donors (Lipinski definition) is 2. The van der Waals surface area contributed by atoms with E-state index in [9.17, 15) is 19.6 Å². The number of amides is 1. The van der Waals surface area contributed by atoms with Gasteiger partial charge in [0.25, 0.3) is 5.56 Å². The maximum Gasteiger partial charge on any atom is 0.351 e. The summed E-state index contributed by atoms with van der Waals surface area (Å²) in [6, 6.07) is 8.95. The lowest BCUT2D eigenvalue weighted by Crippen LogP contribution is -2.32. The molecule has 1 amide bonds. The summed E-state index contributed by atoms with van der Waals surface area (Å²) in [4.78, 5) is 38.8. The Hall–Kier alpha value is -3.42. The Bertz CT molecular complexity index is 1190. The van der Waals surface area contributed by atoms with Crippen LogP contribution in [0.2, 0.25) is 0 Å². The molecule has 1 aromatic carbocycles. The minimum absolute atomic E-state index is 0.122. The highest BCUT2D eigenvalue weighted by atomic mass is 32.1. The van der Waals surface area contributed by atoms with E-state index in [-0.39, 0.29) is 34.9 Å². The Morgan fingerprint density at radius 2 is 2.00 bits per heavy atom. The molecule has 0 aliphatic heterocycles. The van der Waals surface area contributed by atoms with E-state index in [1.807, 2.05) is 24.9 Å². The standard InChI is InChI=1S/C22H27N5O4S/c1-5-26(4)14-19(28)25-16-10-8-9-15(11-16)24-13-18-20(29)27(6-2)21(32-18)17(12-23)22(30)31-7-3/h8-11,13,24H,5-7,14H2,1-4H3,(H,25,28)/b18-13+,21-17-. The van der Waals surface area contributed by atoms with Gasteiger partial charge in [-0.25, -0.2) is 4.79 Å². The van der Waals surface area contributed by atoms with Crippen LogP contribution in [0.5, 0.6) is 0 Å². The van der Waals surface area contributed by atoms with Crippen molar-refractivity contribution in [2.24, 2.45) is 0 Å². The van der Waals surface area contributed by atoms with E-state index in [0.29, 0.717) is 22.5 Å². The van der Waals surface area contributed by atoms with Crippen LogP contribution in [0, 0.1) is 11.3 Å². The van der Waals surface area contributed by atoms with Crippen LogP contribution in [0.4, 0.5) is 11.4 Å². The van der Waals surface area contributed by atoms with Gasteiger partial charge in [0, 0.05) is 24.1 Å². The Kier molecular flexibility index (Phi) is 9.19. The number of rotatable bonds is 9. The van der Waals surface area contributed by atoms with Crippen molar-refractivity contribution in [2.75, 3.05) is 37.4 Å². The molecule has 32 heavy (non-hydrogen) atoms. The molecule has 0 saturated heterocycles. The first-order valence-electron chi connectivity index (χ1n) is 10.2. The van der Waals surface area contributed by atoms with Gasteiger partial charge in [-0.2, -0.15) is 5.26 Å². The Balaban J connectivity index is 2.34. The highest BCUT2D eigenvalue weighted by Gasteiger charge is 2.16. The molecular formula is C22H27N5O4S. The maximum absolute atomic E-state index is 12.8. The summed E-state index contributed by atoms with van der Waals surface area (Å²) >= 11 is 1.04. The molecule has 170 valence electrons. The molecule has 1 heterocycles. The third-order valence-electron chi connectivity index (χ3n) is 4.50. The smallest absolute Gasteiger partial charge is 0.351 e. The zero-order chi connectivity index (χ0) is 23.7. The molecule has 0 saturated carbocycles. The molecule has 0 fully saturated rings. The second-order valence-corrected chi connectivity index (χ2v) is 7.81. The van der Waals surface area contributed by atoms with Crippen LogP contribution in [-0.2, 0) is 20.9 Å². The van der Waals surface area contributed by atoms with Crippen LogP contribution in [0.25, 0.3) is 11.8 Å². The van der Waals surface area contributed by atoms with E-state index < -0.39 is 5.97 Å². The molecule has 0 bridgehead atoms. The average molecular weight is 458 g/mol. The van der Waals surface area contributed by atoms with Crippen LogP contribution in [0.1, 0.15) is 20.8 Å². The number of likely N-dealkylation sites (N-methyl/N-ethyl adjacent to an activating group) is 1. The number of thiazole rings is 1. The zero-order valence-corrected chi connectivity index (χ0v) is 19.4. The quantitative estimate of drug-likeness (QED) is 0.538. The lowest BCUT2D eigenvalue weighted by molar-refractivity contribution is -0.136. The van der Waals surface area contributed by atoms with Crippen molar-refractivity contribution in [1.29, 1.82) is 5.26 Å². The number of anilines is 2. The van der Waals surface area contributed by atoms with Crippen molar-refractivity contribution in [3.63, 3.8) is 0 Å². The fraction of sp³-hybridized carbons (Fsp3) is 0.364. The predicted octanol–water partition coefficient (Wildman–Crippen LogP) is 0.907. The number of ether oxygens (including phenoxy) is 1. The van der Waals surface area contributed by atoms with Gasteiger partial charge in [0.15, 0.2) is 5.57 Å². The molecule has 2 N–H and O–H groups in total. The molecule has 0 radical (unpaired) electrons. The summed E-state index contributed by atoms with van der Waals surface area (Å²) in [6.45, 7) is 6.87. The molecule has 2 rings (SSSR count). The van der Waals surface area contributed by atoms with Crippen LogP contribution in [-0.4, -0.2) is 48.1 Å². The van der Waals surface area contributed by atoms with Gasteiger partial charge in [-0.05, 0) is 45.6 Å². The molecule has 0 atom stereocenters. The van der Waals surface area contributed by atoms with Gasteiger partial charge in [0.1, 0.15) is 15.3 Å². The number of nitrogens with zero attached hydrogens (tertiary/aromatic N) is 3. The van der Waals surface area contributed by atoms with Crippen molar-refractivity contribution >= 4 is 46.4 Å². The lowest BCUT2D eigenvalue weighted by Gasteiger charge is -2.13. The monoisotopic (exact) mass is 457 g/mol. The Morgan fingerprint density at radius 1 is 1.28 bits per heavy atom. The van der Waals surface area contributed by atoms with Crippen molar-refractivity contribution in [3.05, 3.63) is 43.8 Å². The first kappa shape index (κ1) is 24.8. The fourth-order valence-corrected chi connectivity index (χ4v) is 3.85. The lowest BCUT2D eigenvalue weighted by atomic mass is 10.2. The van der Waals surface area contributed by atoms with Crippen LogP contribution in [0.15, 0.2) is 29.1 Å². The number of nitriles is 1. The molecule has 0 aliphatic carbocycles. The minimum atomic E-state index is -0.755. The third-order valence-corrected chi connectivity index (χ3v) is 5.63. The largest absolute Gasteiger partial charge is 0.462 e. The van der Waals surface area contributed by atoms with Gasteiger partial charge in [-0.15, -0.1) is 11.3 Å². The van der Waals surface area contributed by atoms with Gasteiger partial charge < -0.3 is 15.4 Å². The number of esters is 1. The molecule has 0 unspecified atom stereocenters. The number of hydrogen-bond acceptors (Lipinski definition) is 8. The Morgan fingerprint density at radius 3 is 2.62 bits per heavy atom. The van der Waals surface area contributed by atoms with Crippen molar-refractivity contribution in [1.82, 2.24) is 9.47 Å². The van der Waals surface area contributed by atoms with Gasteiger partial charge in [-0.3, -0.25) is 19.1 Å². The van der Waals surface area contributed by atoms with Crippen molar-refractivity contribution in [2.45, 2.75) is 27.3 Å². The number of nitrogens with one attached hydrogen (secondary N) is 2. The van der Waals surface area contributed by atoms with Gasteiger partial charge in [0.05, 0.1) is 13.2 Å². The van der Waals surface area contributed by atoms with E-state index in [2.05, 4.69) is 10.6 Å². The van der Waals surface area contributed by atoms with Gasteiger partial charge in [0.2, 0.25) is 5.91 Å². The fourth-order valence-electron chi connectivity index (χ4n) is 2.77. The minimum Gasteiger partial charge on any atom is -0.462 e. The summed E-state index contributed by atoms with van der Waals surface area (Å²) in [6.07, 6.45) is 1.52. The van der Waals surface area contributed by atoms with E-state index in [0.717, 1.165) is 17.9 Å². The van der Waals surface area contributed by atoms with Crippen molar-refractivity contribution < 1.29 is 14.3 Å². The van der Waals surface area contributed by atoms with Crippen molar-refractivity contribution in [3.8, 4) is 6.07 Å². The average Bonchev–Trinajstić information content (AvgIpc) is 3.08. The van der Waals surface area contributed by atoms with Gasteiger partial charge >= 0.3 is 5.97 Å². The second-order valence-electron chi connectivity index (χ2n) is 6.78. The first-order valence-corrected chi connectivity index (χ1v) is 11.0. The molecular weight excluding hydrogens is 430 g/mol.